The molecular weight excluding hydrogens is 400 g/mol. The Kier molecular flexibility index (Phi) is 5.41. The van der Waals surface area contributed by atoms with Gasteiger partial charge in [-0.15, -0.1) is 11.3 Å². The monoisotopic (exact) mass is 422 g/mol. The number of amides is 1. The first kappa shape index (κ1) is 19.9. The smallest absolute Gasteiger partial charge is 0.250 e. The molecule has 154 valence electrons. The highest BCUT2D eigenvalue weighted by Crippen LogP contribution is 2.32. The van der Waals surface area contributed by atoms with E-state index in [0.29, 0.717) is 17.8 Å². The van der Waals surface area contributed by atoms with E-state index in [2.05, 4.69) is 9.72 Å². The predicted octanol–water partition coefficient (Wildman–Crippen LogP) is 4.23. The Balaban J connectivity index is 1.70. The van der Waals surface area contributed by atoms with Crippen molar-refractivity contribution in [2.45, 2.75) is 26.8 Å². The maximum Gasteiger partial charge on any atom is 0.250 e. The number of hydrogen-bond acceptors (Lipinski definition) is 6. The average molecular weight is 423 g/mol. The number of carbonyl (C=O) groups is 1. The summed E-state index contributed by atoms with van der Waals surface area (Å²) in [6.07, 6.45) is 0.740. The summed E-state index contributed by atoms with van der Waals surface area (Å²) in [5.41, 5.74) is 10.3. The molecule has 0 atom stereocenters. The van der Waals surface area contributed by atoms with Crippen molar-refractivity contribution in [2.24, 2.45) is 5.73 Å². The van der Waals surface area contributed by atoms with Crippen LogP contribution < -0.4 is 10.5 Å². The number of ether oxygens (including phenoxy) is 1. The van der Waals surface area contributed by atoms with Crippen LogP contribution in [0.2, 0.25) is 0 Å². The fourth-order valence-corrected chi connectivity index (χ4v) is 4.28. The molecule has 1 aromatic carbocycles. The first-order chi connectivity index (χ1) is 14.5. The van der Waals surface area contributed by atoms with Crippen LogP contribution in [0.3, 0.4) is 0 Å². The van der Waals surface area contributed by atoms with Crippen molar-refractivity contribution >= 4 is 17.2 Å². The van der Waals surface area contributed by atoms with Crippen molar-refractivity contribution in [2.75, 3.05) is 7.11 Å². The second-order valence-corrected chi connectivity index (χ2v) is 7.83. The number of thiazole rings is 1. The summed E-state index contributed by atoms with van der Waals surface area (Å²) in [5, 5.41) is 6.76. The number of primary amides is 1. The fraction of sp³-hybridized carbons (Fsp3) is 0.227. The molecule has 0 radical (unpaired) electrons. The first-order valence-corrected chi connectivity index (χ1v) is 10.4. The lowest BCUT2D eigenvalue weighted by molar-refractivity contribution is 0.0999. The molecule has 3 heterocycles. The standard InChI is InChI=1S/C22H22N4O3S/c1-13-10-17(25-29-13)22-24-18(12-30-22)19-11-16(21(23)27)14(2)26(19)9-8-15-6-4-5-7-20(15)28-3/h4-7,10-12H,8-9H2,1-3H3,(H2,23,27). The Morgan fingerprint density at radius 2 is 2.03 bits per heavy atom. The van der Waals surface area contributed by atoms with Crippen LogP contribution in [0.5, 0.6) is 5.75 Å². The maximum atomic E-state index is 12.0. The minimum absolute atomic E-state index is 0.452. The number of benzene rings is 1. The van der Waals surface area contributed by atoms with Gasteiger partial charge in [0.25, 0.3) is 5.91 Å². The molecule has 0 bridgehead atoms. The third kappa shape index (κ3) is 3.73. The van der Waals surface area contributed by atoms with Gasteiger partial charge in [0.1, 0.15) is 22.2 Å². The number of carbonyl (C=O) groups excluding carboxylic acids is 1. The molecule has 2 N–H and O–H groups in total. The lowest BCUT2D eigenvalue weighted by Gasteiger charge is -2.13. The van der Waals surface area contributed by atoms with E-state index in [0.717, 1.165) is 45.6 Å². The van der Waals surface area contributed by atoms with Crippen LogP contribution in [-0.4, -0.2) is 27.7 Å². The topological polar surface area (TPSA) is 96.2 Å². The number of nitrogens with zero attached hydrogens (tertiary/aromatic N) is 3. The number of rotatable bonds is 7. The van der Waals surface area contributed by atoms with Gasteiger partial charge in [-0.05, 0) is 38.0 Å². The van der Waals surface area contributed by atoms with Crippen LogP contribution in [0.4, 0.5) is 0 Å². The van der Waals surface area contributed by atoms with Crippen molar-refractivity contribution in [1.82, 2.24) is 14.7 Å². The molecule has 0 aliphatic heterocycles. The summed E-state index contributed by atoms with van der Waals surface area (Å²) in [6, 6.07) is 11.6. The van der Waals surface area contributed by atoms with E-state index in [1.165, 1.54) is 11.3 Å². The molecule has 0 fully saturated rings. The van der Waals surface area contributed by atoms with E-state index in [1.54, 1.807) is 7.11 Å². The fourth-order valence-electron chi connectivity index (χ4n) is 3.51. The number of aromatic nitrogens is 3. The van der Waals surface area contributed by atoms with Gasteiger partial charge in [0.2, 0.25) is 0 Å². The number of methoxy groups -OCH3 is 1. The van der Waals surface area contributed by atoms with Crippen LogP contribution in [-0.2, 0) is 13.0 Å². The molecule has 3 aromatic heterocycles. The van der Waals surface area contributed by atoms with Crippen LogP contribution in [0.1, 0.15) is 27.4 Å². The van der Waals surface area contributed by atoms with Gasteiger partial charge in [0.05, 0.1) is 24.1 Å². The first-order valence-electron chi connectivity index (χ1n) is 9.49. The summed E-state index contributed by atoms with van der Waals surface area (Å²) in [5.74, 6) is 1.12. The van der Waals surface area contributed by atoms with Gasteiger partial charge in [-0.3, -0.25) is 4.79 Å². The Morgan fingerprint density at radius 3 is 2.73 bits per heavy atom. The molecule has 0 saturated heterocycles. The average Bonchev–Trinajstić information content (AvgIpc) is 3.45. The molecule has 30 heavy (non-hydrogen) atoms. The number of hydrogen-bond donors (Lipinski definition) is 1. The summed E-state index contributed by atoms with van der Waals surface area (Å²) in [4.78, 5) is 16.7. The largest absolute Gasteiger partial charge is 0.496 e. The molecule has 8 heteroatoms. The lowest BCUT2D eigenvalue weighted by Crippen LogP contribution is -2.13. The minimum atomic E-state index is -0.452. The van der Waals surface area contributed by atoms with Crippen molar-refractivity contribution < 1.29 is 14.1 Å². The van der Waals surface area contributed by atoms with Gasteiger partial charge in [0.15, 0.2) is 0 Å². The molecule has 7 nitrogen and oxygen atoms in total. The molecule has 4 aromatic rings. The molecule has 0 aliphatic rings. The van der Waals surface area contributed by atoms with Gasteiger partial charge < -0.3 is 19.6 Å². The normalized spacial score (nSPS) is 11.0. The Hall–Kier alpha value is -3.39. The lowest BCUT2D eigenvalue weighted by atomic mass is 10.1. The van der Waals surface area contributed by atoms with Crippen molar-refractivity contribution in [3.05, 3.63) is 64.4 Å². The van der Waals surface area contributed by atoms with Gasteiger partial charge in [-0.25, -0.2) is 4.98 Å². The maximum absolute atomic E-state index is 12.0. The van der Waals surface area contributed by atoms with Crippen molar-refractivity contribution in [1.29, 1.82) is 0 Å². The van der Waals surface area contributed by atoms with Gasteiger partial charge in [0, 0.05) is 23.7 Å². The predicted molar refractivity (Wildman–Crippen MR) is 116 cm³/mol. The third-order valence-corrected chi connectivity index (χ3v) is 5.91. The van der Waals surface area contributed by atoms with E-state index >= 15 is 0 Å². The Bertz CT molecular complexity index is 1200. The number of nitrogens with two attached hydrogens (primary N) is 1. The summed E-state index contributed by atoms with van der Waals surface area (Å²) in [7, 11) is 1.67. The highest BCUT2D eigenvalue weighted by molar-refractivity contribution is 7.13. The van der Waals surface area contributed by atoms with E-state index in [1.807, 2.05) is 55.6 Å². The SMILES string of the molecule is COc1ccccc1CCn1c(-c2csc(-c3cc(C)on3)n2)cc(C(N)=O)c1C. The van der Waals surface area contributed by atoms with Crippen LogP contribution in [0.25, 0.3) is 22.1 Å². The highest BCUT2D eigenvalue weighted by atomic mass is 32.1. The van der Waals surface area contributed by atoms with Gasteiger partial charge >= 0.3 is 0 Å². The Morgan fingerprint density at radius 1 is 1.23 bits per heavy atom. The van der Waals surface area contributed by atoms with Crippen LogP contribution in [0.15, 0.2) is 46.3 Å². The third-order valence-electron chi connectivity index (χ3n) is 5.04. The molecular formula is C22H22N4O3S. The zero-order valence-electron chi connectivity index (χ0n) is 17.0. The molecule has 0 unspecified atom stereocenters. The summed E-state index contributed by atoms with van der Waals surface area (Å²) < 4.78 is 12.7. The number of aryl methyl sites for hydroxylation is 2. The molecule has 0 aliphatic carbocycles. The summed E-state index contributed by atoms with van der Waals surface area (Å²) >= 11 is 1.48. The van der Waals surface area contributed by atoms with Gasteiger partial charge in [-0.1, -0.05) is 23.4 Å². The second-order valence-electron chi connectivity index (χ2n) is 6.97. The molecule has 4 rings (SSSR count). The molecule has 0 saturated carbocycles. The quantitative estimate of drug-likeness (QED) is 0.481. The van der Waals surface area contributed by atoms with Crippen molar-refractivity contribution in [3.8, 4) is 27.8 Å². The minimum Gasteiger partial charge on any atom is -0.496 e. The zero-order chi connectivity index (χ0) is 21.3. The highest BCUT2D eigenvalue weighted by Gasteiger charge is 2.20. The van der Waals surface area contributed by atoms with Crippen LogP contribution >= 0.6 is 11.3 Å². The van der Waals surface area contributed by atoms with Crippen molar-refractivity contribution in [3.63, 3.8) is 0 Å². The molecule has 1 amide bonds. The van der Waals surface area contributed by atoms with Crippen LogP contribution in [0, 0.1) is 13.8 Å². The second kappa shape index (κ2) is 8.16. The molecule has 0 spiro atoms. The van der Waals surface area contributed by atoms with E-state index in [4.69, 9.17) is 20.0 Å². The summed E-state index contributed by atoms with van der Waals surface area (Å²) in [6.45, 7) is 4.40. The number of para-hydroxylation sites is 1. The Labute approximate surface area is 178 Å². The van der Waals surface area contributed by atoms with Gasteiger partial charge in [-0.2, -0.15) is 0 Å². The van der Waals surface area contributed by atoms with E-state index in [9.17, 15) is 4.79 Å². The van der Waals surface area contributed by atoms with E-state index in [-0.39, 0.29) is 0 Å². The zero-order valence-corrected chi connectivity index (χ0v) is 17.8. The van der Waals surface area contributed by atoms with E-state index < -0.39 is 5.91 Å².